The van der Waals surface area contributed by atoms with Crippen LogP contribution in [-0.4, -0.2) is 165 Å². The summed E-state index contributed by atoms with van der Waals surface area (Å²) in [5, 5.41) is 30.7. The number of nitrogens with zero attached hydrogens (tertiary/aromatic N) is 2. The first-order valence-corrected chi connectivity index (χ1v) is 34.7. The second-order valence-electron chi connectivity index (χ2n) is 25.8. The maximum Gasteiger partial charge on any atom is 0.247 e. The summed E-state index contributed by atoms with van der Waals surface area (Å²) < 4.78 is 5.50. The summed E-state index contributed by atoms with van der Waals surface area (Å²) in [4.78, 5) is 129. The zero-order chi connectivity index (χ0) is 67.5. The number of carbonyl (C=O) groups is 9. The molecule has 0 radical (unpaired) electrons. The van der Waals surface area contributed by atoms with Gasteiger partial charge in [-0.3, -0.25) is 43.2 Å². The summed E-state index contributed by atoms with van der Waals surface area (Å²) in [6.45, 7) is 5.32. The Balaban J connectivity index is 0.733. The fraction of sp³-hybridized carbons (Fsp3) is 0.548. The van der Waals surface area contributed by atoms with Gasteiger partial charge in [-0.05, 0) is 132 Å². The van der Waals surface area contributed by atoms with Gasteiger partial charge in [0.2, 0.25) is 53.2 Å². The average molecular weight is 1310 g/mol. The predicted octanol–water partition coefficient (Wildman–Crippen LogP) is 5.14. The molecule has 4 fully saturated rings. The van der Waals surface area contributed by atoms with E-state index in [4.69, 9.17) is 4.74 Å². The Hall–Kier alpha value is -8.05. The van der Waals surface area contributed by atoms with Crippen molar-refractivity contribution in [3.8, 4) is 0 Å². The summed E-state index contributed by atoms with van der Waals surface area (Å²) in [7, 11) is 3.41. The van der Waals surface area contributed by atoms with E-state index in [2.05, 4.69) is 65.3 Å². The highest BCUT2D eigenvalue weighted by molar-refractivity contribution is 5.97. The number of likely N-dealkylation sites (N-methyl/N-ethyl adjacent to an activating group) is 2. The highest BCUT2D eigenvalue weighted by Gasteiger charge is 2.50. The minimum absolute atomic E-state index is 0.0658. The highest BCUT2D eigenvalue weighted by atomic mass is 16.5. The third kappa shape index (κ3) is 20.7. The number of unbranched alkanes of at least 4 members (excludes halogenated alkanes) is 5. The van der Waals surface area contributed by atoms with Gasteiger partial charge < -0.3 is 67.7 Å². The summed E-state index contributed by atoms with van der Waals surface area (Å²) in [5.74, 6) is -3.70. The van der Waals surface area contributed by atoms with Gasteiger partial charge in [-0.1, -0.05) is 161 Å². The minimum atomic E-state index is -1.01. The number of hydrogen-bond acceptors (Lipinski definition) is 13. The molecular weight excluding hydrogens is 1200 g/mol. The molecule has 4 aliphatic heterocycles. The highest BCUT2D eigenvalue weighted by Crippen LogP contribution is 2.37. The van der Waals surface area contributed by atoms with Crippen LogP contribution in [0.4, 0.5) is 0 Å². The molecule has 514 valence electrons. The smallest absolute Gasteiger partial charge is 0.247 e. The first-order chi connectivity index (χ1) is 46.2. The number of nitrogens with one attached hydrogen (secondary N) is 10. The van der Waals surface area contributed by atoms with Crippen molar-refractivity contribution in [1.29, 1.82) is 0 Å². The first-order valence-electron chi connectivity index (χ1n) is 34.7. The number of ether oxygens (including phenoxy) is 1. The van der Waals surface area contributed by atoms with Crippen LogP contribution in [-0.2, 0) is 54.4 Å². The summed E-state index contributed by atoms with van der Waals surface area (Å²) in [6.07, 6.45) is 11.4. The SMILES string of the molecule is CC[C@H](NC)C(=O)NC1C(=O)N2[C@@H](CC[C@@H]1CCNCc1ccccc1)CC[C@H]2C(=O)N[C@H](C(=O)NCCCCCCCCNC(=O)COCC(=O)NC[C@H]1CC[C@H]2CC[C@@H](C(=O)NC(c3ccccc3)c3ccccc3)N2C(=O)[C@H]1NC(=O)[C@H](CC)NC)c1ccccc1. The Morgan fingerprint density at radius 3 is 1.44 bits per heavy atom. The van der Waals surface area contributed by atoms with Crippen molar-refractivity contribution in [1.82, 2.24) is 63.0 Å². The van der Waals surface area contributed by atoms with Gasteiger partial charge in [-0.25, -0.2) is 0 Å². The van der Waals surface area contributed by atoms with Crippen LogP contribution in [0, 0.1) is 11.8 Å². The minimum Gasteiger partial charge on any atom is -0.362 e. The molecular formula is C73H102N12O10. The molecule has 22 nitrogen and oxygen atoms in total. The molecule has 4 heterocycles. The Morgan fingerprint density at radius 2 is 0.926 bits per heavy atom. The molecule has 4 aromatic rings. The molecule has 4 aromatic carbocycles. The van der Waals surface area contributed by atoms with E-state index in [0.29, 0.717) is 102 Å². The van der Waals surface area contributed by atoms with Crippen LogP contribution >= 0.6 is 0 Å². The molecule has 1 unspecified atom stereocenters. The fourth-order valence-corrected chi connectivity index (χ4v) is 14.1. The third-order valence-electron chi connectivity index (χ3n) is 19.4. The number of benzene rings is 4. The predicted molar refractivity (Wildman–Crippen MR) is 363 cm³/mol. The van der Waals surface area contributed by atoms with Crippen molar-refractivity contribution in [3.63, 3.8) is 0 Å². The third-order valence-corrected chi connectivity index (χ3v) is 19.4. The van der Waals surface area contributed by atoms with Crippen LogP contribution in [0.3, 0.4) is 0 Å². The van der Waals surface area contributed by atoms with E-state index in [1.165, 1.54) is 0 Å². The van der Waals surface area contributed by atoms with Crippen LogP contribution in [0.1, 0.15) is 157 Å². The second kappa shape index (κ2) is 37.9. The van der Waals surface area contributed by atoms with E-state index in [-0.39, 0.29) is 79.1 Å². The van der Waals surface area contributed by atoms with Crippen LogP contribution < -0.4 is 53.2 Å². The van der Waals surface area contributed by atoms with Gasteiger partial charge >= 0.3 is 0 Å². The van der Waals surface area contributed by atoms with E-state index < -0.39 is 66.1 Å². The van der Waals surface area contributed by atoms with Crippen LogP contribution in [0.15, 0.2) is 121 Å². The average Bonchev–Trinajstić information content (AvgIpc) is 1.65. The van der Waals surface area contributed by atoms with Gasteiger partial charge in [0.1, 0.15) is 43.4 Å². The van der Waals surface area contributed by atoms with E-state index in [1.807, 2.05) is 111 Å². The standard InChI is InChI=1S/C73H102N12O10/c1-5-57(74-3)67(88)82-65-53(41-44-76-45-49-25-15-11-16-26-49)33-35-55-37-40-60(84(55)72(65)93)70(91)81-64(52-31-21-14-22-32-52)71(92)78-43-24-10-8-7-9-23-42-77-61(86)47-95-48-62(87)79-46-54-34-36-56-38-39-59(85(56)73(94)66(54)83-68(89)58(6-2)75-4)69(90)80-63(50-27-17-12-18-28-50)51-29-19-13-20-30-51/h11-22,25-32,53-60,63-66,74-76H,5-10,23-24,33-48H2,1-4H3,(H,77,86)(H,78,92)(H,79,87)(H,80,90)(H,81,91)(H,82,88)(H,83,89)/t53-,54-,55+,56+,57+,58+,59+,60+,64+,65?,66+/m1/s1. The summed E-state index contributed by atoms with van der Waals surface area (Å²) in [5.41, 5.74) is 3.59. The molecule has 0 aromatic heterocycles. The maximum atomic E-state index is 14.8. The van der Waals surface area contributed by atoms with Gasteiger partial charge in [0.15, 0.2) is 0 Å². The molecule has 22 heteroatoms. The molecule has 0 bridgehead atoms. The second-order valence-corrected chi connectivity index (χ2v) is 25.8. The largest absolute Gasteiger partial charge is 0.362 e. The zero-order valence-electron chi connectivity index (χ0n) is 55.9. The molecule has 4 aliphatic rings. The van der Waals surface area contributed by atoms with Gasteiger partial charge in [-0.2, -0.15) is 0 Å². The van der Waals surface area contributed by atoms with Crippen LogP contribution in [0.5, 0.6) is 0 Å². The molecule has 95 heavy (non-hydrogen) atoms. The monoisotopic (exact) mass is 1310 g/mol. The van der Waals surface area contributed by atoms with Gasteiger partial charge in [0.05, 0.1) is 18.1 Å². The van der Waals surface area contributed by atoms with Gasteiger partial charge in [0.25, 0.3) is 0 Å². The summed E-state index contributed by atoms with van der Waals surface area (Å²) in [6, 6.07) is 32.3. The van der Waals surface area contributed by atoms with Crippen molar-refractivity contribution in [2.24, 2.45) is 11.8 Å². The van der Waals surface area contributed by atoms with Crippen LogP contribution in [0.2, 0.25) is 0 Å². The number of fused-ring (bicyclic) bond motifs is 2. The quantitative estimate of drug-likeness (QED) is 0.0265. The van der Waals surface area contributed by atoms with Crippen LogP contribution in [0.25, 0.3) is 0 Å². The van der Waals surface area contributed by atoms with Gasteiger partial charge in [-0.15, -0.1) is 0 Å². The van der Waals surface area contributed by atoms with Crippen molar-refractivity contribution in [2.45, 2.75) is 190 Å². The maximum absolute atomic E-state index is 14.8. The lowest BCUT2D eigenvalue weighted by molar-refractivity contribution is -0.144. The fourth-order valence-electron chi connectivity index (χ4n) is 14.1. The number of rotatable bonds is 36. The molecule has 0 saturated carbocycles. The first kappa shape index (κ1) is 72.8. The lowest BCUT2D eigenvalue weighted by atomic mass is 9.90. The van der Waals surface area contributed by atoms with E-state index in [1.54, 1.807) is 36.0 Å². The Bertz CT molecular complexity index is 3060. The zero-order valence-corrected chi connectivity index (χ0v) is 55.9. The Labute approximate surface area is 560 Å². The van der Waals surface area contributed by atoms with Crippen molar-refractivity contribution in [2.75, 3.05) is 53.5 Å². The van der Waals surface area contributed by atoms with Crippen molar-refractivity contribution in [3.05, 3.63) is 144 Å². The molecule has 0 spiro atoms. The topological polar surface area (TPSA) is 290 Å². The Morgan fingerprint density at radius 1 is 0.484 bits per heavy atom. The molecule has 4 saturated heterocycles. The molecule has 8 rings (SSSR count). The molecule has 9 amide bonds. The summed E-state index contributed by atoms with van der Waals surface area (Å²) >= 11 is 0. The number of carbonyl (C=O) groups excluding carboxylic acids is 9. The van der Waals surface area contributed by atoms with E-state index in [9.17, 15) is 43.2 Å². The number of hydrogen-bond donors (Lipinski definition) is 10. The normalized spacial score (nSPS) is 21.8. The van der Waals surface area contributed by atoms with E-state index in [0.717, 1.165) is 55.2 Å². The van der Waals surface area contributed by atoms with Crippen molar-refractivity contribution >= 4 is 53.2 Å². The van der Waals surface area contributed by atoms with Crippen molar-refractivity contribution < 1.29 is 47.9 Å². The molecule has 11 atom stereocenters. The lowest BCUT2D eigenvalue weighted by Crippen LogP contribution is -2.59. The number of amides is 9. The molecule has 10 N–H and O–H groups in total. The molecule has 0 aliphatic carbocycles. The van der Waals surface area contributed by atoms with E-state index >= 15 is 0 Å². The van der Waals surface area contributed by atoms with Gasteiger partial charge in [0, 0.05) is 44.2 Å². The Kier molecular flexibility index (Phi) is 29.0. The lowest BCUT2D eigenvalue weighted by Gasteiger charge is -2.33.